The minimum Gasteiger partial charge on any atom is -0.423 e. The number of amides is 1. The molecule has 4 aromatic rings. The Kier molecular flexibility index (Phi) is 4.08. The second-order valence-corrected chi connectivity index (χ2v) is 6.36. The van der Waals surface area contributed by atoms with Crippen LogP contribution in [0.5, 0.6) is 0 Å². The molecule has 0 saturated heterocycles. The molecule has 2 aromatic heterocycles. The lowest BCUT2D eigenvalue weighted by Gasteiger charge is -2.05. The minimum atomic E-state index is -0.428. The molecule has 0 atom stereocenters. The molecule has 2 heterocycles. The quantitative estimate of drug-likeness (QED) is 0.550. The van der Waals surface area contributed by atoms with Crippen LogP contribution in [0.3, 0.4) is 0 Å². The standard InChI is InChI=1S/C21H16N2O4/c1-12-3-5-14(6-4-12)18-11-17(23-27-18)21(25)22-15-7-8-16-13(2)9-20(24)26-19(16)10-15/h3-11H,1-2H3,(H,22,25). The number of carbonyl (C=O) groups is 1. The van der Waals surface area contributed by atoms with Gasteiger partial charge < -0.3 is 14.3 Å². The van der Waals surface area contributed by atoms with Gasteiger partial charge in [0, 0.05) is 34.8 Å². The van der Waals surface area contributed by atoms with Gasteiger partial charge in [0.15, 0.2) is 11.5 Å². The number of hydrogen-bond donors (Lipinski definition) is 1. The molecule has 0 fully saturated rings. The third kappa shape index (κ3) is 3.37. The Morgan fingerprint density at radius 2 is 1.78 bits per heavy atom. The van der Waals surface area contributed by atoms with E-state index in [0.29, 0.717) is 17.0 Å². The lowest BCUT2D eigenvalue weighted by Crippen LogP contribution is -2.12. The first-order valence-corrected chi connectivity index (χ1v) is 8.39. The highest BCUT2D eigenvalue weighted by atomic mass is 16.5. The van der Waals surface area contributed by atoms with Crippen LogP contribution in [-0.2, 0) is 0 Å². The number of carbonyl (C=O) groups excluding carboxylic acids is 1. The first kappa shape index (κ1) is 16.8. The number of nitrogens with one attached hydrogen (secondary N) is 1. The van der Waals surface area contributed by atoms with E-state index in [9.17, 15) is 9.59 Å². The second-order valence-electron chi connectivity index (χ2n) is 6.36. The SMILES string of the molecule is Cc1ccc(-c2cc(C(=O)Nc3ccc4c(C)cc(=O)oc4c3)no2)cc1. The number of hydrogen-bond acceptors (Lipinski definition) is 5. The largest absolute Gasteiger partial charge is 0.423 e. The number of rotatable bonds is 3. The van der Waals surface area contributed by atoms with E-state index < -0.39 is 11.5 Å². The number of aryl methyl sites for hydroxylation is 2. The highest BCUT2D eigenvalue weighted by Gasteiger charge is 2.14. The van der Waals surface area contributed by atoms with E-state index in [4.69, 9.17) is 8.94 Å². The van der Waals surface area contributed by atoms with E-state index in [1.165, 1.54) is 6.07 Å². The molecule has 0 aliphatic rings. The molecule has 0 aliphatic heterocycles. The van der Waals surface area contributed by atoms with E-state index >= 15 is 0 Å². The van der Waals surface area contributed by atoms with E-state index in [0.717, 1.165) is 22.1 Å². The van der Waals surface area contributed by atoms with Crippen LogP contribution in [-0.4, -0.2) is 11.1 Å². The van der Waals surface area contributed by atoms with Crippen molar-refractivity contribution in [3.8, 4) is 11.3 Å². The number of aromatic nitrogens is 1. The normalized spacial score (nSPS) is 10.9. The van der Waals surface area contributed by atoms with Gasteiger partial charge in [-0.25, -0.2) is 4.79 Å². The smallest absolute Gasteiger partial charge is 0.336 e. The highest BCUT2D eigenvalue weighted by Crippen LogP contribution is 2.23. The molecule has 134 valence electrons. The summed E-state index contributed by atoms with van der Waals surface area (Å²) in [5, 5.41) is 7.40. The fourth-order valence-corrected chi connectivity index (χ4v) is 2.83. The molecule has 0 unspecified atom stereocenters. The summed E-state index contributed by atoms with van der Waals surface area (Å²) in [4.78, 5) is 24.0. The lowest BCUT2D eigenvalue weighted by molar-refractivity contribution is 0.101. The van der Waals surface area contributed by atoms with Crippen LogP contribution in [0.15, 0.2) is 68.3 Å². The lowest BCUT2D eigenvalue weighted by atomic mass is 10.1. The fourth-order valence-electron chi connectivity index (χ4n) is 2.83. The molecule has 4 rings (SSSR count). The van der Waals surface area contributed by atoms with Crippen molar-refractivity contribution in [1.82, 2.24) is 5.16 Å². The van der Waals surface area contributed by atoms with Gasteiger partial charge >= 0.3 is 5.63 Å². The number of benzene rings is 2. The van der Waals surface area contributed by atoms with Crippen LogP contribution in [0, 0.1) is 13.8 Å². The van der Waals surface area contributed by atoms with E-state index in [1.807, 2.05) is 38.1 Å². The van der Waals surface area contributed by atoms with Gasteiger partial charge in [-0.2, -0.15) is 0 Å². The van der Waals surface area contributed by atoms with Gasteiger partial charge in [0.2, 0.25) is 0 Å². The van der Waals surface area contributed by atoms with Crippen molar-refractivity contribution in [3.05, 3.63) is 81.8 Å². The maximum atomic E-state index is 12.5. The summed E-state index contributed by atoms with van der Waals surface area (Å²) >= 11 is 0. The van der Waals surface area contributed by atoms with E-state index in [2.05, 4.69) is 10.5 Å². The molecule has 6 nitrogen and oxygen atoms in total. The van der Waals surface area contributed by atoms with Gasteiger partial charge in [-0.05, 0) is 31.5 Å². The molecule has 1 amide bonds. The molecule has 1 N–H and O–H groups in total. The van der Waals surface area contributed by atoms with Crippen LogP contribution in [0.2, 0.25) is 0 Å². The number of nitrogens with zero attached hydrogens (tertiary/aromatic N) is 1. The van der Waals surface area contributed by atoms with Crippen molar-refractivity contribution in [1.29, 1.82) is 0 Å². The summed E-state index contributed by atoms with van der Waals surface area (Å²) in [5.41, 5.74) is 3.45. The Balaban J connectivity index is 1.58. The van der Waals surface area contributed by atoms with Crippen LogP contribution in [0.25, 0.3) is 22.3 Å². The molecular formula is C21H16N2O4. The van der Waals surface area contributed by atoms with Crippen molar-refractivity contribution < 1.29 is 13.7 Å². The Labute approximate surface area is 154 Å². The van der Waals surface area contributed by atoms with Gasteiger partial charge in [-0.1, -0.05) is 35.0 Å². The third-order valence-electron chi connectivity index (χ3n) is 4.29. The minimum absolute atomic E-state index is 0.163. The third-order valence-corrected chi connectivity index (χ3v) is 4.29. The average Bonchev–Trinajstić information content (AvgIpc) is 3.12. The zero-order chi connectivity index (χ0) is 19.0. The van der Waals surface area contributed by atoms with Crippen LogP contribution >= 0.6 is 0 Å². The Morgan fingerprint density at radius 3 is 2.56 bits per heavy atom. The summed E-state index contributed by atoms with van der Waals surface area (Å²) in [6.45, 7) is 3.83. The summed E-state index contributed by atoms with van der Waals surface area (Å²) in [6.07, 6.45) is 0. The molecule has 0 saturated carbocycles. The summed E-state index contributed by atoms with van der Waals surface area (Å²) < 4.78 is 10.5. The first-order valence-electron chi connectivity index (χ1n) is 8.39. The van der Waals surface area contributed by atoms with Crippen LogP contribution in [0.4, 0.5) is 5.69 Å². The maximum Gasteiger partial charge on any atom is 0.336 e. The molecule has 6 heteroatoms. The molecule has 0 radical (unpaired) electrons. The monoisotopic (exact) mass is 360 g/mol. The van der Waals surface area contributed by atoms with Gasteiger partial charge in [-0.15, -0.1) is 0 Å². The van der Waals surface area contributed by atoms with Crippen molar-refractivity contribution >= 4 is 22.6 Å². The van der Waals surface area contributed by atoms with Gasteiger partial charge in [0.05, 0.1) is 0 Å². The van der Waals surface area contributed by atoms with Crippen molar-refractivity contribution in [3.63, 3.8) is 0 Å². The van der Waals surface area contributed by atoms with Crippen LogP contribution in [0.1, 0.15) is 21.6 Å². The zero-order valence-electron chi connectivity index (χ0n) is 14.8. The Hall–Kier alpha value is -3.67. The molecule has 27 heavy (non-hydrogen) atoms. The highest BCUT2D eigenvalue weighted by molar-refractivity contribution is 6.04. The molecule has 0 aliphatic carbocycles. The average molecular weight is 360 g/mol. The maximum absolute atomic E-state index is 12.5. The van der Waals surface area contributed by atoms with Gasteiger partial charge in [0.1, 0.15) is 5.58 Å². The fraction of sp³-hybridized carbons (Fsp3) is 0.0952. The van der Waals surface area contributed by atoms with Gasteiger partial charge in [0.25, 0.3) is 5.91 Å². The second kappa shape index (κ2) is 6.57. The van der Waals surface area contributed by atoms with Crippen LogP contribution < -0.4 is 10.9 Å². The topological polar surface area (TPSA) is 85.3 Å². The van der Waals surface area contributed by atoms with E-state index in [1.54, 1.807) is 24.3 Å². The van der Waals surface area contributed by atoms with Crippen molar-refractivity contribution in [2.45, 2.75) is 13.8 Å². The predicted octanol–water partition coefficient (Wildman–Crippen LogP) is 4.32. The summed E-state index contributed by atoms with van der Waals surface area (Å²) in [7, 11) is 0. The first-order chi connectivity index (χ1) is 13.0. The molecule has 2 aromatic carbocycles. The summed E-state index contributed by atoms with van der Waals surface area (Å²) in [6, 6.07) is 15.9. The Morgan fingerprint density at radius 1 is 1.00 bits per heavy atom. The molecule has 0 bridgehead atoms. The Bertz CT molecular complexity index is 1200. The van der Waals surface area contributed by atoms with E-state index in [-0.39, 0.29) is 5.69 Å². The van der Waals surface area contributed by atoms with Crippen molar-refractivity contribution in [2.75, 3.05) is 5.32 Å². The number of anilines is 1. The zero-order valence-corrected chi connectivity index (χ0v) is 14.8. The predicted molar refractivity (Wildman–Crippen MR) is 102 cm³/mol. The van der Waals surface area contributed by atoms with Crippen molar-refractivity contribution in [2.24, 2.45) is 0 Å². The summed E-state index contributed by atoms with van der Waals surface area (Å²) in [5.74, 6) is 0.103. The molecule has 0 spiro atoms. The molecular weight excluding hydrogens is 344 g/mol. The number of fused-ring (bicyclic) bond motifs is 1. The van der Waals surface area contributed by atoms with Gasteiger partial charge in [-0.3, -0.25) is 4.79 Å².